The molecule has 0 aromatic carbocycles. The maximum absolute atomic E-state index is 11.6. The van der Waals surface area contributed by atoms with E-state index in [1.54, 1.807) is 12.4 Å². The van der Waals surface area contributed by atoms with E-state index in [4.69, 9.17) is 9.84 Å². The maximum atomic E-state index is 11.6. The first-order chi connectivity index (χ1) is 9.02. The predicted octanol–water partition coefficient (Wildman–Crippen LogP) is 0.351. The average molecular weight is 267 g/mol. The van der Waals surface area contributed by atoms with E-state index in [2.05, 4.69) is 9.97 Å². The molecule has 1 aromatic rings. The van der Waals surface area contributed by atoms with Gasteiger partial charge in [0.05, 0.1) is 6.61 Å². The van der Waals surface area contributed by atoms with Crippen LogP contribution in [0.4, 0.5) is 0 Å². The van der Waals surface area contributed by atoms with Crippen molar-refractivity contribution in [1.29, 1.82) is 0 Å². The number of rotatable bonds is 7. The van der Waals surface area contributed by atoms with E-state index >= 15 is 0 Å². The Balaban J connectivity index is 2.43. The van der Waals surface area contributed by atoms with Crippen LogP contribution in [0, 0.1) is 0 Å². The Labute approximate surface area is 111 Å². The highest BCUT2D eigenvalue weighted by atomic mass is 16.5. The summed E-state index contributed by atoms with van der Waals surface area (Å²) in [5.41, 5.74) is 0.806. The van der Waals surface area contributed by atoms with Crippen molar-refractivity contribution in [2.45, 2.75) is 19.8 Å². The highest BCUT2D eigenvalue weighted by molar-refractivity contribution is 5.81. The normalized spacial score (nSPS) is 10.0. The molecule has 0 atom stereocenters. The number of carboxylic acids is 1. The van der Waals surface area contributed by atoms with Gasteiger partial charge in [-0.25, -0.2) is 9.97 Å². The van der Waals surface area contributed by atoms with Crippen molar-refractivity contribution in [3.05, 3.63) is 18.0 Å². The number of aryl methyl sites for hydroxylation is 1. The third-order valence-electron chi connectivity index (χ3n) is 2.38. The van der Waals surface area contributed by atoms with Crippen LogP contribution in [0.2, 0.25) is 0 Å². The summed E-state index contributed by atoms with van der Waals surface area (Å²) in [4.78, 5) is 31.2. The van der Waals surface area contributed by atoms with Crippen LogP contribution in [0.25, 0.3) is 0 Å². The zero-order valence-corrected chi connectivity index (χ0v) is 11.0. The molecule has 0 fully saturated rings. The molecule has 1 N–H and O–H groups in total. The molecular weight excluding hydrogens is 250 g/mol. The minimum absolute atomic E-state index is 0.223. The van der Waals surface area contributed by atoms with E-state index in [1.165, 1.54) is 11.9 Å². The Hall–Kier alpha value is -2.18. The van der Waals surface area contributed by atoms with Crippen molar-refractivity contribution in [3.63, 3.8) is 0 Å². The van der Waals surface area contributed by atoms with E-state index in [9.17, 15) is 9.59 Å². The van der Waals surface area contributed by atoms with Crippen molar-refractivity contribution in [2.24, 2.45) is 0 Å². The summed E-state index contributed by atoms with van der Waals surface area (Å²) in [5.74, 6) is -1.25. The molecule has 0 aliphatic rings. The predicted molar refractivity (Wildman–Crippen MR) is 66.8 cm³/mol. The smallest absolute Gasteiger partial charge is 0.323 e. The number of aromatic nitrogens is 2. The Morgan fingerprint density at radius 2 is 2.00 bits per heavy atom. The second-order valence-electron chi connectivity index (χ2n) is 3.95. The molecule has 0 unspecified atom stereocenters. The molecular formula is C12H17N3O4. The fraction of sp³-hybridized carbons (Fsp3) is 0.500. The molecule has 0 aliphatic carbocycles. The molecule has 0 bridgehead atoms. The number of carboxylic acid groups (broad SMARTS) is 1. The molecule has 19 heavy (non-hydrogen) atoms. The zero-order chi connectivity index (χ0) is 14.3. The third-order valence-corrected chi connectivity index (χ3v) is 2.38. The summed E-state index contributed by atoms with van der Waals surface area (Å²) in [6.07, 6.45) is 3.89. The monoisotopic (exact) mass is 267 g/mol. The number of carbonyl (C=O) groups is 2. The second kappa shape index (κ2) is 7.30. The van der Waals surface area contributed by atoms with E-state index in [0.717, 1.165) is 5.56 Å². The number of carbonyl (C=O) groups excluding carboxylic acids is 1. The van der Waals surface area contributed by atoms with Crippen LogP contribution in [-0.2, 0) is 16.0 Å². The fourth-order valence-corrected chi connectivity index (χ4v) is 1.41. The molecule has 0 radical (unpaired) electrons. The first-order valence-corrected chi connectivity index (χ1v) is 5.92. The van der Waals surface area contributed by atoms with E-state index in [-0.39, 0.29) is 18.9 Å². The largest absolute Gasteiger partial charge is 0.480 e. The van der Waals surface area contributed by atoms with E-state index in [0.29, 0.717) is 19.0 Å². The quantitative estimate of drug-likeness (QED) is 0.766. The van der Waals surface area contributed by atoms with Crippen LogP contribution in [-0.4, -0.2) is 52.1 Å². The van der Waals surface area contributed by atoms with Gasteiger partial charge in [-0.15, -0.1) is 0 Å². The summed E-state index contributed by atoms with van der Waals surface area (Å²) in [7, 11) is 1.46. The van der Waals surface area contributed by atoms with Crippen molar-refractivity contribution in [2.75, 3.05) is 20.2 Å². The first kappa shape index (κ1) is 14.9. The van der Waals surface area contributed by atoms with Crippen LogP contribution in [0.3, 0.4) is 0 Å². The zero-order valence-electron chi connectivity index (χ0n) is 11.0. The number of ether oxygens (including phenoxy) is 1. The Morgan fingerprint density at radius 1 is 1.37 bits per heavy atom. The van der Waals surface area contributed by atoms with Crippen molar-refractivity contribution in [3.8, 4) is 6.01 Å². The van der Waals surface area contributed by atoms with Gasteiger partial charge in [-0.3, -0.25) is 9.59 Å². The molecule has 1 aromatic heterocycles. The van der Waals surface area contributed by atoms with Gasteiger partial charge in [0.15, 0.2) is 0 Å². The highest BCUT2D eigenvalue weighted by Gasteiger charge is 2.12. The topological polar surface area (TPSA) is 92.6 Å². The molecule has 7 nitrogen and oxygen atoms in total. The van der Waals surface area contributed by atoms with Crippen molar-refractivity contribution < 1.29 is 19.4 Å². The Kier molecular flexibility index (Phi) is 5.72. The first-order valence-electron chi connectivity index (χ1n) is 5.92. The van der Waals surface area contributed by atoms with Crippen molar-refractivity contribution >= 4 is 11.9 Å². The van der Waals surface area contributed by atoms with Crippen LogP contribution in [0.15, 0.2) is 12.4 Å². The minimum Gasteiger partial charge on any atom is -0.480 e. The molecule has 0 saturated carbocycles. The fourth-order valence-electron chi connectivity index (χ4n) is 1.41. The van der Waals surface area contributed by atoms with Gasteiger partial charge in [0.2, 0.25) is 5.91 Å². The van der Waals surface area contributed by atoms with Gasteiger partial charge >= 0.3 is 12.0 Å². The van der Waals surface area contributed by atoms with Gasteiger partial charge in [0, 0.05) is 25.9 Å². The van der Waals surface area contributed by atoms with Gasteiger partial charge in [-0.2, -0.15) is 0 Å². The molecule has 0 spiro atoms. The van der Waals surface area contributed by atoms with Crippen LogP contribution in [0.5, 0.6) is 6.01 Å². The lowest BCUT2D eigenvalue weighted by Crippen LogP contribution is -2.32. The molecule has 0 aliphatic heterocycles. The SMILES string of the molecule is CCOc1ncc(CCC(=O)N(C)CC(=O)O)cn1. The number of amides is 1. The van der Waals surface area contributed by atoms with Gasteiger partial charge in [-0.1, -0.05) is 0 Å². The van der Waals surface area contributed by atoms with Gasteiger partial charge in [0.1, 0.15) is 6.54 Å². The lowest BCUT2D eigenvalue weighted by molar-refractivity contribution is -0.143. The second-order valence-corrected chi connectivity index (χ2v) is 3.95. The Bertz CT molecular complexity index is 433. The summed E-state index contributed by atoms with van der Waals surface area (Å²) < 4.78 is 5.11. The number of nitrogens with zero attached hydrogens (tertiary/aromatic N) is 3. The lowest BCUT2D eigenvalue weighted by atomic mass is 10.2. The summed E-state index contributed by atoms with van der Waals surface area (Å²) in [5, 5.41) is 8.57. The Morgan fingerprint density at radius 3 is 2.53 bits per heavy atom. The standard InChI is InChI=1S/C12H17N3O4/c1-3-19-12-13-6-9(7-14-12)4-5-10(16)15(2)8-11(17)18/h6-7H,3-5,8H2,1-2H3,(H,17,18). The minimum atomic E-state index is -1.03. The van der Waals surface area contributed by atoms with Crippen molar-refractivity contribution in [1.82, 2.24) is 14.9 Å². The maximum Gasteiger partial charge on any atom is 0.323 e. The highest BCUT2D eigenvalue weighted by Crippen LogP contribution is 2.06. The molecule has 7 heteroatoms. The number of likely N-dealkylation sites (N-methyl/N-ethyl adjacent to an activating group) is 1. The van der Waals surface area contributed by atoms with E-state index in [1.807, 2.05) is 6.92 Å². The van der Waals surface area contributed by atoms with Crippen LogP contribution < -0.4 is 4.74 Å². The number of hydrogen-bond donors (Lipinski definition) is 1. The van der Waals surface area contributed by atoms with Gasteiger partial charge in [0.25, 0.3) is 0 Å². The molecule has 1 heterocycles. The van der Waals surface area contributed by atoms with Gasteiger partial charge in [-0.05, 0) is 18.9 Å². The number of hydrogen-bond acceptors (Lipinski definition) is 5. The van der Waals surface area contributed by atoms with E-state index < -0.39 is 5.97 Å². The van der Waals surface area contributed by atoms with Crippen LogP contribution in [0.1, 0.15) is 18.9 Å². The number of aliphatic carboxylic acids is 1. The van der Waals surface area contributed by atoms with Crippen LogP contribution >= 0.6 is 0 Å². The third kappa shape index (κ3) is 5.33. The summed E-state index contributed by atoms with van der Waals surface area (Å²) in [6, 6.07) is 0.306. The summed E-state index contributed by atoms with van der Waals surface area (Å²) >= 11 is 0. The lowest BCUT2D eigenvalue weighted by Gasteiger charge is -2.14. The van der Waals surface area contributed by atoms with Gasteiger partial charge < -0.3 is 14.7 Å². The molecule has 1 rings (SSSR count). The molecule has 1 amide bonds. The average Bonchev–Trinajstić information content (AvgIpc) is 2.37. The molecule has 0 saturated heterocycles. The summed E-state index contributed by atoms with van der Waals surface area (Å²) in [6.45, 7) is 2.05. The molecule has 104 valence electrons.